The van der Waals surface area contributed by atoms with Gasteiger partial charge in [-0.3, -0.25) is 4.84 Å². The first-order valence-electron chi connectivity index (χ1n) is 8.49. The molecule has 0 bridgehead atoms. The summed E-state index contributed by atoms with van der Waals surface area (Å²) in [6.07, 6.45) is 5.73. The number of nitrogens with one attached hydrogen (secondary N) is 1. The molecule has 0 saturated carbocycles. The van der Waals surface area contributed by atoms with Gasteiger partial charge >= 0.3 is 0 Å². The van der Waals surface area contributed by atoms with E-state index in [4.69, 9.17) is 9.57 Å². The number of methoxy groups -OCH3 is 1. The van der Waals surface area contributed by atoms with Crippen molar-refractivity contribution in [3.8, 4) is 0 Å². The smallest absolute Gasteiger partial charge is 0.181 e. The Labute approximate surface area is 133 Å². The fourth-order valence-corrected chi connectivity index (χ4v) is 3.66. The van der Waals surface area contributed by atoms with Crippen LogP contribution in [-0.4, -0.2) is 44.6 Å². The van der Waals surface area contributed by atoms with Crippen molar-refractivity contribution in [2.75, 3.05) is 33.3 Å². The lowest BCUT2D eigenvalue weighted by molar-refractivity contribution is -0.284. The lowest BCUT2D eigenvalue weighted by Crippen LogP contribution is -2.46. The lowest BCUT2D eigenvalue weighted by atomic mass is 9.72. The molecule has 1 N–H and O–H groups in total. The summed E-state index contributed by atoms with van der Waals surface area (Å²) in [5.41, 5.74) is 1.81. The number of benzene rings is 1. The van der Waals surface area contributed by atoms with Gasteiger partial charge in [0, 0.05) is 26.6 Å². The molecule has 4 heteroatoms. The lowest BCUT2D eigenvalue weighted by Gasteiger charge is -2.44. The van der Waals surface area contributed by atoms with Gasteiger partial charge in [-0.25, -0.2) is 0 Å². The second kappa shape index (κ2) is 7.55. The molecule has 0 aromatic heterocycles. The molecule has 2 heterocycles. The summed E-state index contributed by atoms with van der Waals surface area (Å²) >= 11 is 0. The van der Waals surface area contributed by atoms with Gasteiger partial charge in [-0.15, -0.1) is 0 Å². The highest BCUT2D eigenvalue weighted by atomic mass is 16.8. The third-order valence-electron chi connectivity index (χ3n) is 5.22. The predicted octanol–water partition coefficient (Wildman–Crippen LogP) is 2.60. The van der Waals surface area contributed by atoms with Crippen molar-refractivity contribution >= 4 is 0 Å². The van der Waals surface area contributed by atoms with Crippen molar-refractivity contribution in [1.29, 1.82) is 0 Å². The summed E-state index contributed by atoms with van der Waals surface area (Å²) in [5, 5.41) is 5.59. The van der Waals surface area contributed by atoms with E-state index < -0.39 is 0 Å². The van der Waals surface area contributed by atoms with Crippen LogP contribution in [0.15, 0.2) is 30.3 Å². The molecule has 4 nitrogen and oxygen atoms in total. The highest BCUT2D eigenvalue weighted by Crippen LogP contribution is 2.39. The molecule has 1 atom stereocenters. The second-order valence-electron chi connectivity index (χ2n) is 6.64. The number of hydrogen-bond donors (Lipinski definition) is 1. The van der Waals surface area contributed by atoms with Crippen molar-refractivity contribution < 1.29 is 9.57 Å². The van der Waals surface area contributed by atoms with E-state index in [0.29, 0.717) is 5.41 Å². The van der Waals surface area contributed by atoms with Crippen LogP contribution in [0.3, 0.4) is 0 Å². The highest BCUT2D eigenvalue weighted by Gasteiger charge is 2.36. The molecule has 2 fully saturated rings. The quantitative estimate of drug-likeness (QED) is 0.848. The topological polar surface area (TPSA) is 33.7 Å². The maximum atomic E-state index is 6.07. The average Bonchev–Trinajstić information content (AvgIpc) is 2.58. The fourth-order valence-electron chi connectivity index (χ4n) is 3.66. The Hall–Kier alpha value is -0.940. The van der Waals surface area contributed by atoms with Crippen molar-refractivity contribution in [3.05, 3.63) is 35.9 Å². The van der Waals surface area contributed by atoms with E-state index in [1.165, 1.54) is 44.3 Å². The van der Waals surface area contributed by atoms with Gasteiger partial charge in [0.25, 0.3) is 0 Å². The van der Waals surface area contributed by atoms with E-state index in [0.717, 1.165) is 19.5 Å². The first-order valence-corrected chi connectivity index (χ1v) is 8.49. The number of piperidine rings is 2. The third kappa shape index (κ3) is 4.07. The third-order valence-corrected chi connectivity index (χ3v) is 5.22. The van der Waals surface area contributed by atoms with E-state index in [2.05, 4.69) is 34.6 Å². The Morgan fingerprint density at radius 1 is 1.09 bits per heavy atom. The molecule has 2 aliphatic rings. The second-order valence-corrected chi connectivity index (χ2v) is 6.64. The Morgan fingerprint density at radius 2 is 1.77 bits per heavy atom. The number of ether oxygens (including phenoxy) is 1. The maximum Gasteiger partial charge on any atom is 0.181 e. The molecular weight excluding hydrogens is 276 g/mol. The van der Waals surface area contributed by atoms with Crippen molar-refractivity contribution in [2.24, 2.45) is 5.41 Å². The largest absolute Gasteiger partial charge is 0.354 e. The van der Waals surface area contributed by atoms with Crippen LogP contribution in [0.4, 0.5) is 0 Å². The van der Waals surface area contributed by atoms with Gasteiger partial charge in [0.2, 0.25) is 0 Å². The minimum atomic E-state index is -0.190. The zero-order valence-corrected chi connectivity index (χ0v) is 13.6. The molecule has 2 aliphatic heterocycles. The molecule has 1 spiro atoms. The number of nitrogens with zero attached hydrogens (tertiary/aromatic N) is 1. The van der Waals surface area contributed by atoms with Gasteiger partial charge in [0.15, 0.2) is 6.29 Å². The van der Waals surface area contributed by atoms with Gasteiger partial charge in [-0.2, -0.15) is 5.06 Å². The minimum Gasteiger partial charge on any atom is -0.354 e. The van der Waals surface area contributed by atoms with Crippen LogP contribution in [0.5, 0.6) is 0 Å². The van der Waals surface area contributed by atoms with Gasteiger partial charge in [-0.1, -0.05) is 30.3 Å². The van der Waals surface area contributed by atoms with E-state index in [9.17, 15) is 0 Å². The zero-order valence-electron chi connectivity index (χ0n) is 13.6. The molecule has 2 saturated heterocycles. The molecule has 1 aromatic carbocycles. The molecule has 0 aliphatic carbocycles. The summed E-state index contributed by atoms with van der Waals surface area (Å²) in [5.74, 6) is 0. The normalized spacial score (nSPS) is 23.5. The summed E-state index contributed by atoms with van der Waals surface area (Å²) < 4.78 is 5.52. The first-order chi connectivity index (χ1) is 10.8. The van der Waals surface area contributed by atoms with E-state index in [-0.39, 0.29) is 6.29 Å². The van der Waals surface area contributed by atoms with Crippen molar-refractivity contribution in [1.82, 2.24) is 10.4 Å². The Kier molecular flexibility index (Phi) is 5.47. The molecular formula is C18H28N2O2. The number of hydroxylamine groups is 2. The van der Waals surface area contributed by atoms with Crippen molar-refractivity contribution in [2.45, 2.75) is 38.4 Å². The van der Waals surface area contributed by atoms with Crippen LogP contribution in [0.2, 0.25) is 0 Å². The standard InChI is InChI=1S/C18H28N2O2/c1-21-17(15-16-5-3-2-4-6-16)22-20-13-9-18(10-14-20)7-11-19-12-8-18/h2-6,17,19H,7-15H2,1H3. The van der Waals surface area contributed by atoms with Crippen LogP contribution in [0.1, 0.15) is 31.2 Å². The van der Waals surface area contributed by atoms with Crippen LogP contribution in [0, 0.1) is 5.41 Å². The molecule has 1 aromatic rings. The Bertz CT molecular complexity index is 436. The highest BCUT2D eigenvalue weighted by molar-refractivity contribution is 5.15. The van der Waals surface area contributed by atoms with E-state index >= 15 is 0 Å². The maximum absolute atomic E-state index is 6.07. The zero-order chi connectivity index (χ0) is 15.3. The van der Waals surface area contributed by atoms with Crippen LogP contribution in [0.25, 0.3) is 0 Å². The summed E-state index contributed by atoms with van der Waals surface area (Å²) in [6, 6.07) is 10.4. The Balaban J connectivity index is 1.48. The average molecular weight is 304 g/mol. The summed E-state index contributed by atoms with van der Waals surface area (Å²) in [7, 11) is 1.73. The summed E-state index contributed by atoms with van der Waals surface area (Å²) in [6.45, 7) is 4.40. The van der Waals surface area contributed by atoms with Crippen LogP contribution >= 0.6 is 0 Å². The number of rotatable bonds is 5. The molecule has 3 rings (SSSR count). The van der Waals surface area contributed by atoms with Crippen molar-refractivity contribution in [3.63, 3.8) is 0 Å². The minimum absolute atomic E-state index is 0.190. The van der Waals surface area contributed by atoms with E-state index in [1.54, 1.807) is 7.11 Å². The SMILES string of the molecule is COC(Cc1ccccc1)ON1CCC2(CCNCC2)CC1. The number of hydrogen-bond acceptors (Lipinski definition) is 4. The molecule has 1 unspecified atom stereocenters. The summed E-state index contributed by atoms with van der Waals surface area (Å²) in [4.78, 5) is 6.07. The van der Waals surface area contributed by atoms with Gasteiger partial charge in [0.05, 0.1) is 0 Å². The molecule has 22 heavy (non-hydrogen) atoms. The van der Waals surface area contributed by atoms with Gasteiger partial charge in [-0.05, 0) is 49.8 Å². The molecule has 122 valence electrons. The van der Waals surface area contributed by atoms with E-state index in [1.807, 2.05) is 6.07 Å². The Morgan fingerprint density at radius 3 is 2.41 bits per heavy atom. The molecule has 0 radical (unpaired) electrons. The fraction of sp³-hybridized carbons (Fsp3) is 0.667. The van der Waals surface area contributed by atoms with Crippen LogP contribution < -0.4 is 5.32 Å². The predicted molar refractivity (Wildman–Crippen MR) is 87.4 cm³/mol. The van der Waals surface area contributed by atoms with Gasteiger partial charge < -0.3 is 10.1 Å². The molecule has 0 amide bonds. The van der Waals surface area contributed by atoms with Crippen LogP contribution in [-0.2, 0) is 16.0 Å². The van der Waals surface area contributed by atoms with Gasteiger partial charge in [0.1, 0.15) is 0 Å². The monoisotopic (exact) mass is 304 g/mol. The first kappa shape index (κ1) is 15.9.